The van der Waals surface area contributed by atoms with Crippen molar-refractivity contribution >= 4 is 11.6 Å². The first-order valence-electron chi connectivity index (χ1n) is 4.92. The highest BCUT2D eigenvalue weighted by atomic mass is 35.5. The SMILES string of the molecule is COc1c(C)c(Cl)cc(C)c1C(C)(C)N. The lowest BCUT2D eigenvalue weighted by Gasteiger charge is -2.26. The number of hydrogen-bond acceptors (Lipinski definition) is 2. The Bertz CT molecular complexity index is 380. The van der Waals surface area contributed by atoms with E-state index in [0.29, 0.717) is 0 Å². The zero-order valence-electron chi connectivity index (χ0n) is 9.94. The lowest BCUT2D eigenvalue weighted by atomic mass is 9.89. The molecule has 0 saturated heterocycles. The van der Waals surface area contributed by atoms with Crippen LogP contribution in [0.25, 0.3) is 0 Å². The van der Waals surface area contributed by atoms with Crippen LogP contribution < -0.4 is 10.5 Å². The molecule has 84 valence electrons. The average molecular weight is 228 g/mol. The van der Waals surface area contributed by atoms with Crippen LogP contribution >= 0.6 is 11.6 Å². The van der Waals surface area contributed by atoms with Gasteiger partial charge in [0.15, 0.2) is 0 Å². The molecule has 1 aromatic rings. The van der Waals surface area contributed by atoms with Crippen LogP contribution in [0.2, 0.25) is 5.02 Å². The van der Waals surface area contributed by atoms with E-state index < -0.39 is 5.54 Å². The molecule has 0 spiro atoms. The Balaban J connectivity index is 3.57. The molecule has 0 amide bonds. The van der Waals surface area contributed by atoms with Gasteiger partial charge in [-0.05, 0) is 39.3 Å². The van der Waals surface area contributed by atoms with Gasteiger partial charge in [0, 0.05) is 21.7 Å². The van der Waals surface area contributed by atoms with E-state index in [9.17, 15) is 0 Å². The van der Waals surface area contributed by atoms with Crippen molar-refractivity contribution in [3.05, 3.63) is 27.8 Å². The molecule has 3 heteroatoms. The quantitative estimate of drug-likeness (QED) is 0.843. The van der Waals surface area contributed by atoms with Crippen molar-refractivity contribution in [2.24, 2.45) is 5.73 Å². The zero-order chi connectivity index (χ0) is 11.8. The third-order valence-corrected chi connectivity index (χ3v) is 2.90. The molecule has 0 unspecified atom stereocenters. The van der Waals surface area contributed by atoms with Gasteiger partial charge < -0.3 is 10.5 Å². The molecule has 0 bridgehead atoms. The summed E-state index contributed by atoms with van der Waals surface area (Å²) in [5.74, 6) is 0.799. The second-order valence-corrected chi connectivity index (χ2v) is 4.84. The number of rotatable bonds is 2. The summed E-state index contributed by atoms with van der Waals surface area (Å²) in [4.78, 5) is 0. The van der Waals surface area contributed by atoms with Crippen LogP contribution in [0.1, 0.15) is 30.5 Å². The normalized spacial score (nSPS) is 11.7. The van der Waals surface area contributed by atoms with Crippen molar-refractivity contribution in [2.75, 3.05) is 7.11 Å². The molecule has 15 heavy (non-hydrogen) atoms. The van der Waals surface area contributed by atoms with E-state index in [0.717, 1.165) is 27.5 Å². The zero-order valence-corrected chi connectivity index (χ0v) is 10.7. The van der Waals surface area contributed by atoms with Crippen LogP contribution in [0.5, 0.6) is 5.75 Å². The topological polar surface area (TPSA) is 35.2 Å². The Morgan fingerprint density at radius 1 is 1.33 bits per heavy atom. The number of benzene rings is 1. The van der Waals surface area contributed by atoms with E-state index in [-0.39, 0.29) is 0 Å². The van der Waals surface area contributed by atoms with Gasteiger partial charge in [0.05, 0.1) is 7.11 Å². The highest BCUT2D eigenvalue weighted by Crippen LogP contribution is 2.37. The largest absolute Gasteiger partial charge is 0.496 e. The van der Waals surface area contributed by atoms with Crippen LogP contribution in [-0.2, 0) is 5.54 Å². The van der Waals surface area contributed by atoms with Crippen molar-refractivity contribution in [2.45, 2.75) is 33.2 Å². The van der Waals surface area contributed by atoms with Gasteiger partial charge in [-0.15, -0.1) is 0 Å². The Kier molecular flexibility index (Phi) is 3.31. The first-order valence-corrected chi connectivity index (χ1v) is 5.30. The fourth-order valence-electron chi connectivity index (χ4n) is 1.90. The monoisotopic (exact) mass is 227 g/mol. The van der Waals surface area contributed by atoms with Gasteiger partial charge in [-0.3, -0.25) is 0 Å². The summed E-state index contributed by atoms with van der Waals surface area (Å²) in [5, 5.41) is 0.720. The third kappa shape index (κ3) is 2.27. The van der Waals surface area contributed by atoms with E-state index in [1.807, 2.05) is 33.8 Å². The van der Waals surface area contributed by atoms with Gasteiger partial charge >= 0.3 is 0 Å². The van der Waals surface area contributed by atoms with Gasteiger partial charge in [0.2, 0.25) is 0 Å². The minimum absolute atomic E-state index is 0.426. The number of ether oxygens (including phenoxy) is 1. The molecule has 0 aliphatic carbocycles. The minimum Gasteiger partial charge on any atom is -0.496 e. The van der Waals surface area contributed by atoms with Crippen LogP contribution in [0.3, 0.4) is 0 Å². The van der Waals surface area contributed by atoms with Gasteiger partial charge in [-0.25, -0.2) is 0 Å². The summed E-state index contributed by atoms with van der Waals surface area (Å²) in [5.41, 5.74) is 8.73. The molecule has 0 aliphatic rings. The van der Waals surface area contributed by atoms with Crippen LogP contribution in [0.15, 0.2) is 6.07 Å². The molecule has 0 fully saturated rings. The summed E-state index contributed by atoms with van der Waals surface area (Å²) < 4.78 is 5.40. The Labute approximate surface area is 96.4 Å². The molecule has 0 aromatic heterocycles. The molecule has 0 heterocycles. The van der Waals surface area contributed by atoms with Crippen LogP contribution in [-0.4, -0.2) is 7.11 Å². The van der Waals surface area contributed by atoms with E-state index in [1.165, 1.54) is 0 Å². The van der Waals surface area contributed by atoms with Crippen molar-refractivity contribution in [1.29, 1.82) is 0 Å². The maximum absolute atomic E-state index is 6.13. The molecule has 1 aromatic carbocycles. The average Bonchev–Trinajstić information content (AvgIpc) is 2.08. The highest BCUT2D eigenvalue weighted by molar-refractivity contribution is 6.31. The molecule has 0 saturated carbocycles. The van der Waals surface area contributed by atoms with Gasteiger partial charge in [-0.2, -0.15) is 0 Å². The Morgan fingerprint density at radius 3 is 2.27 bits per heavy atom. The highest BCUT2D eigenvalue weighted by Gasteiger charge is 2.24. The molecule has 2 N–H and O–H groups in total. The molecule has 0 aliphatic heterocycles. The van der Waals surface area contributed by atoms with Gasteiger partial charge in [-0.1, -0.05) is 11.6 Å². The summed E-state index contributed by atoms with van der Waals surface area (Å²) in [6, 6.07) is 1.93. The Hall–Kier alpha value is -0.730. The summed E-state index contributed by atoms with van der Waals surface area (Å²) in [6.07, 6.45) is 0. The van der Waals surface area contributed by atoms with Crippen LogP contribution in [0, 0.1) is 13.8 Å². The van der Waals surface area contributed by atoms with E-state index in [2.05, 4.69) is 0 Å². The first-order chi connectivity index (χ1) is 6.79. The number of halogens is 1. The number of hydrogen-bond donors (Lipinski definition) is 1. The van der Waals surface area contributed by atoms with E-state index in [4.69, 9.17) is 22.1 Å². The minimum atomic E-state index is -0.426. The predicted molar refractivity (Wildman–Crippen MR) is 64.7 cm³/mol. The van der Waals surface area contributed by atoms with Crippen molar-refractivity contribution in [1.82, 2.24) is 0 Å². The van der Waals surface area contributed by atoms with E-state index >= 15 is 0 Å². The maximum atomic E-state index is 6.13. The standard InChI is InChI=1S/C12H18ClNO/c1-7-6-9(13)8(2)11(15-5)10(7)12(3,4)14/h6H,14H2,1-5H3. The summed E-state index contributed by atoms with van der Waals surface area (Å²) in [6.45, 7) is 7.87. The van der Waals surface area contributed by atoms with Crippen molar-refractivity contribution in [3.8, 4) is 5.75 Å². The second-order valence-electron chi connectivity index (χ2n) is 4.43. The predicted octanol–water partition coefficient (Wildman–Crippen LogP) is 3.16. The van der Waals surface area contributed by atoms with Gasteiger partial charge in [0.1, 0.15) is 5.75 Å². The lowest BCUT2D eigenvalue weighted by molar-refractivity contribution is 0.390. The number of aryl methyl sites for hydroxylation is 1. The maximum Gasteiger partial charge on any atom is 0.128 e. The van der Waals surface area contributed by atoms with Crippen LogP contribution in [0.4, 0.5) is 0 Å². The molecule has 0 radical (unpaired) electrons. The first kappa shape index (κ1) is 12.3. The lowest BCUT2D eigenvalue weighted by Crippen LogP contribution is -2.30. The number of methoxy groups -OCH3 is 1. The smallest absolute Gasteiger partial charge is 0.128 e. The van der Waals surface area contributed by atoms with E-state index in [1.54, 1.807) is 7.11 Å². The number of nitrogens with two attached hydrogens (primary N) is 1. The molecule has 0 atom stereocenters. The summed E-state index contributed by atoms with van der Waals surface area (Å²) in [7, 11) is 1.65. The molecule has 2 nitrogen and oxygen atoms in total. The third-order valence-electron chi connectivity index (χ3n) is 2.51. The van der Waals surface area contributed by atoms with Gasteiger partial charge in [0.25, 0.3) is 0 Å². The fraction of sp³-hybridized carbons (Fsp3) is 0.500. The van der Waals surface area contributed by atoms with Crippen molar-refractivity contribution in [3.63, 3.8) is 0 Å². The molecular formula is C12H18ClNO. The fourth-order valence-corrected chi connectivity index (χ4v) is 2.15. The van der Waals surface area contributed by atoms with Crippen molar-refractivity contribution < 1.29 is 4.74 Å². The Morgan fingerprint density at radius 2 is 1.87 bits per heavy atom. The summed E-state index contributed by atoms with van der Waals surface area (Å²) >= 11 is 6.10. The molecule has 1 rings (SSSR count). The molecular weight excluding hydrogens is 210 g/mol. The second kappa shape index (κ2) is 4.03.